The Morgan fingerprint density at radius 3 is 2.91 bits per heavy atom. The molecule has 0 bridgehead atoms. The molecule has 0 aliphatic carbocycles. The molecule has 1 atom stereocenters. The van der Waals surface area contributed by atoms with E-state index in [0.717, 1.165) is 16.8 Å². The van der Waals surface area contributed by atoms with Crippen molar-refractivity contribution in [2.75, 3.05) is 25.1 Å². The Bertz CT molecular complexity index is 631. The molecule has 1 aromatic heterocycles. The van der Waals surface area contributed by atoms with Crippen LogP contribution in [0, 0.1) is 5.82 Å². The summed E-state index contributed by atoms with van der Waals surface area (Å²) in [5, 5.41) is 3.39. The molecule has 1 aliphatic rings. The van der Waals surface area contributed by atoms with Gasteiger partial charge >= 0.3 is 0 Å². The van der Waals surface area contributed by atoms with Crippen LogP contribution >= 0.6 is 0 Å². The summed E-state index contributed by atoms with van der Waals surface area (Å²) in [7, 11) is 0. The molecule has 2 aromatic rings. The second kappa shape index (κ2) is 6.75. The number of hydrogen-bond donors (Lipinski definition) is 1. The van der Waals surface area contributed by atoms with E-state index >= 15 is 0 Å². The average Bonchev–Trinajstić information content (AvgIpc) is 2.54. The second-order valence-corrected chi connectivity index (χ2v) is 5.31. The first-order valence-electron chi connectivity index (χ1n) is 7.45. The van der Waals surface area contributed by atoms with Gasteiger partial charge in [-0.1, -0.05) is 12.1 Å². The number of hydrogen-bond acceptors (Lipinski definition) is 4. The summed E-state index contributed by atoms with van der Waals surface area (Å²) in [6, 6.07) is 8.69. The highest BCUT2D eigenvalue weighted by molar-refractivity contribution is 5.56. The van der Waals surface area contributed by atoms with E-state index in [0.29, 0.717) is 32.1 Å². The van der Waals surface area contributed by atoms with E-state index in [1.54, 1.807) is 18.3 Å². The molecular weight excluding hydrogens is 283 g/mol. The third-order valence-corrected chi connectivity index (χ3v) is 3.53. The molecule has 4 nitrogen and oxygen atoms in total. The molecule has 0 fully saturated rings. The number of benzene rings is 1. The topological polar surface area (TPSA) is 43.4 Å². The Morgan fingerprint density at radius 2 is 2.14 bits per heavy atom. The molecule has 0 amide bonds. The molecule has 0 unspecified atom stereocenters. The minimum absolute atomic E-state index is 0.135. The zero-order chi connectivity index (χ0) is 15.4. The predicted molar refractivity (Wildman–Crippen MR) is 82.8 cm³/mol. The van der Waals surface area contributed by atoms with Gasteiger partial charge in [0, 0.05) is 12.8 Å². The van der Waals surface area contributed by atoms with Gasteiger partial charge in [0.05, 0.1) is 18.3 Å². The van der Waals surface area contributed by atoms with Gasteiger partial charge in [0.2, 0.25) is 5.88 Å². The summed E-state index contributed by atoms with van der Waals surface area (Å²) < 4.78 is 24.0. The lowest BCUT2D eigenvalue weighted by Gasteiger charge is -2.26. The Morgan fingerprint density at radius 1 is 1.32 bits per heavy atom. The van der Waals surface area contributed by atoms with Crippen molar-refractivity contribution in [1.82, 2.24) is 4.98 Å². The maximum atomic E-state index is 12.9. The average molecular weight is 302 g/mol. The number of nitrogens with one attached hydrogen (secondary N) is 1. The summed E-state index contributed by atoms with van der Waals surface area (Å²) in [6.07, 6.45) is 2.51. The number of aromatic nitrogens is 1. The predicted octanol–water partition coefficient (Wildman–Crippen LogP) is 3.02. The first kappa shape index (κ1) is 14.8. The Balaban J connectivity index is 1.71. The molecule has 2 heterocycles. The summed E-state index contributed by atoms with van der Waals surface area (Å²) in [6.45, 7) is 3.82. The highest BCUT2D eigenvalue weighted by atomic mass is 19.1. The summed E-state index contributed by atoms with van der Waals surface area (Å²) in [4.78, 5) is 4.35. The fourth-order valence-electron chi connectivity index (χ4n) is 2.44. The van der Waals surface area contributed by atoms with Crippen molar-refractivity contribution in [2.24, 2.45) is 0 Å². The zero-order valence-corrected chi connectivity index (χ0v) is 12.5. The largest absolute Gasteiger partial charge is 0.474 e. The molecule has 0 radical (unpaired) electrons. The molecule has 3 rings (SSSR count). The maximum Gasteiger partial charge on any atom is 0.237 e. The van der Waals surface area contributed by atoms with Crippen LogP contribution in [0.4, 0.5) is 10.1 Å². The van der Waals surface area contributed by atoms with Crippen LogP contribution in [0.5, 0.6) is 5.88 Å². The van der Waals surface area contributed by atoms with Gasteiger partial charge in [-0.3, -0.25) is 0 Å². The van der Waals surface area contributed by atoms with Crippen molar-refractivity contribution in [1.29, 1.82) is 0 Å². The van der Waals surface area contributed by atoms with E-state index in [2.05, 4.69) is 10.3 Å². The Kier molecular flexibility index (Phi) is 4.53. The molecule has 1 N–H and O–H groups in total. The van der Waals surface area contributed by atoms with E-state index in [1.807, 2.05) is 13.0 Å². The van der Waals surface area contributed by atoms with E-state index in [-0.39, 0.29) is 11.9 Å². The Hall–Kier alpha value is -2.14. The van der Waals surface area contributed by atoms with Crippen LogP contribution in [-0.4, -0.2) is 30.8 Å². The first-order chi connectivity index (χ1) is 10.7. The molecular formula is C17H19FN2O2. The zero-order valence-electron chi connectivity index (χ0n) is 12.5. The molecule has 22 heavy (non-hydrogen) atoms. The van der Waals surface area contributed by atoms with Crippen LogP contribution in [0.3, 0.4) is 0 Å². The molecule has 116 valence electrons. The van der Waals surface area contributed by atoms with Crippen LogP contribution in [0.15, 0.2) is 36.5 Å². The van der Waals surface area contributed by atoms with Crippen LogP contribution in [0.1, 0.15) is 18.1 Å². The number of fused-ring (bicyclic) bond motifs is 1. The van der Waals surface area contributed by atoms with Crippen molar-refractivity contribution in [3.05, 3.63) is 53.5 Å². The fraction of sp³-hybridized carbons (Fsp3) is 0.353. The minimum Gasteiger partial charge on any atom is -0.474 e. The van der Waals surface area contributed by atoms with Crippen molar-refractivity contribution in [3.63, 3.8) is 0 Å². The maximum absolute atomic E-state index is 12.9. The van der Waals surface area contributed by atoms with Crippen LogP contribution in [0.25, 0.3) is 0 Å². The normalized spacial score (nSPS) is 16.5. The van der Waals surface area contributed by atoms with E-state index in [4.69, 9.17) is 9.47 Å². The number of halogens is 1. The minimum atomic E-state index is -0.221. The number of ether oxygens (including phenoxy) is 2. The Labute approximate surface area is 129 Å². The summed E-state index contributed by atoms with van der Waals surface area (Å²) >= 11 is 0. The van der Waals surface area contributed by atoms with Crippen molar-refractivity contribution < 1.29 is 13.9 Å². The van der Waals surface area contributed by atoms with Gasteiger partial charge in [-0.2, -0.15) is 0 Å². The third kappa shape index (κ3) is 3.54. The molecule has 1 aromatic carbocycles. The van der Waals surface area contributed by atoms with Gasteiger partial charge in [0.25, 0.3) is 0 Å². The van der Waals surface area contributed by atoms with Gasteiger partial charge in [-0.25, -0.2) is 9.37 Å². The van der Waals surface area contributed by atoms with E-state index in [1.165, 1.54) is 12.1 Å². The van der Waals surface area contributed by atoms with Gasteiger partial charge in [0.1, 0.15) is 12.4 Å². The summed E-state index contributed by atoms with van der Waals surface area (Å²) in [5.74, 6) is 0.400. The van der Waals surface area contributed by atoms with E-state index < -0.39 is 0 Å². The number of anilines is 1. The molecule has 1 aliphatic heterocycles. The van der Waals surface area contributed by atoms with Crippen molar-refractivity contribution in [2.45, 2.75) is 19.4 Å². The number of nitrogens with zero attached hydrogens (tertiary/aromatic N) is 1. The van der Waals surface area contributed by atoms with Crippen LogP contribution in [-0.2, 0) is 11.2 Å². The van der Waals surface area contributed by atoms with Crippen LogP contribution in [0.2, 0.25) is 0 Å². The van der Waals surface area contributed by atoms with Gasteiger partial charge < -0.3 is 14.8 Å². The lowest BCUT2D eigenvalue weighted by atomic mass is 10.1. The molecule has 0 saturated carbocycles. The highest BCUT2D eigenvalue weighted by Gasteiger charge is 2.20. The van der Waals surface area contributed by atoms with Gasteiger partial charge in [-0.15, -0.1) is 0 Å². The SMILES string of the molecule is CCOC[C@H]1COc2ncc(Cc3ccc(F)cc3)cc2N1. The number of pyridine rings is 1. The van der Waals surface area contributed by atoms with Crippen molar-refractivity contribution >= 4 is 5.69 Å². The standard InChI is InChI=1S/C17H19FN2O2/c1-2-21-10-15-11-22-17-16(20-15)8-13(9-19-17)7-12-3-5-14(18)6-4-12/h3-6,8-9,15,20H,2,7,10-11H2,1H3/t15-/m0/s1. The smallest absolute Gasteiger partial charge is 0.237 e. The highest BCUT2D eigenvalue weighted by Crippen LogP contribution is 2.28. The first-order valence-corrected chi connectivity index (χ1v) is 7.45. The monoisotopic (exact) mass is 302 g/mol. The number of rotatable bonds is 5. The lowest BCUT2D eigenvalue weighted by molar-refractivity contribution is 0.116. The van der Waals surface area contributed by atoms with E-state index in [9.17, 15) is 4.39 Å². The van der Waals surface area contributed by atoms with Gasteiger partial charge in [-0.05, 0) is 42.7 Å². The molecule has 0 saturated heterocycles. The van der Waals surface area contributed by atoms with Gasteiger partial charge in [0.15, 0.2) is 0 Å². The second-order valence-electron chi connectivity index (χ2n) is 5.31. The van der Waals surface area contributed by atoms with Crippen LogP contribution < -0.4 is 10.1 Å². The molecule has 5 heteroatoms. The lowest BCUT2D eigenvalue weighted by Crippen LogP contribution is -2.35. The van der Waals surface area contributed by atoms with Crippen molar-refractivity contribution in [3.8, 4) is 5.88 Å². The molecule has 0 spiro atoms. The third-order valence-electron chi connectivity index (χ3n) is 3.53. The summed E-state index contributed by atoms with van der Waals surface area (Å²) in [5.41, 5.74) is 2.99. The quantitative estimate of drug-likeness (QED) is 0.922. The fourth-order valence-corrected chi connectivity index (χ4v) is 2.44.